The molecule has 2 amide bonds. The van der Waals surface area contributed by atoms with Gasteiger partial charge >= 0.3 is 0 Å². The second-order valence-corrected chi connectivity index (χ2v) is 7.98. The zero-order chi connectivity index (χ0) is 21.8. The summed E-state index contributed by atoms with van der Waals surface area (Å²) in [5, 5.41) is 2.98. The molecular formula is C23H27FN4O3. The lowest BCUT2D eigenvalue weighted by molar-refractivity contribution is -0.134. The second kappa shape index (κ2) is 9.45. The van der Waals surface area contributed by atoms with Crippen LogP contribution in [0.1, 0.15) is 41.2 Å². The number of methoxy groups -OCH3 is 1. The minimum Gasteiger partial charge on any atom is -0.497 e. The summed E-state index contributed by atoms with van der Waals surface area (Å²) in [4.78, 5) is 27.1. The van der Waals surface area contributed by atoms with Crippen LogP contribution in [0.5, 0.6) is 5.75 Å². The Morgan fingerprint density at radius 1 is 1.03 bits per heavy atom. The summed E-state index contributed by atoms with van der Waals surface area (Å²) in [6.07, 6.45) is 2.06. The van der Waals surface area contributed by atoms with Gasteiger partial charge in [0.15, 0.2) is 0 Å². The van der Waals surface area contributed by atoms with Crippen molar-refractivity contribution >= 4 is 11.8 Å². The number of hydrazine groups is 1. The van der Waals surface area contributed by atoms with Crippen molar-refractivity contribution in [3.05, 3.63) is 65.5 Å². The number of rotatable bonds is 5. The van der Waals surface area contributed by atoms with Crippen molar-refractivity contribution in [2.24, 2.45) is 0 Å². The number of piperidine rings is 1. The molecule has 3 N–H and O–H groups in total. The summed E-state index contributed by atoms with van der Waals surface area (Å²) in [6, 6.07) is 13.1. The standard InChI is InChI=1S/C23H27FN4O3/c1-31-19-8-4-15(5-9-19)20-14-21(27-26-20)23(30)28-12-10-18(11-13-28)25-22(29)16-2-6-17(24)7-3-16/h2-9,18,20-21,26-27H,10-14H2,1H3,(H,25,29). The zero-order valence-electron chi connectivity index (χ0n) is 17.4. The Morgan fingerprint density at radius 3 is 2.35 bits per heavy atom. The molecule has 164 valence electrons. The van der Waals surface area contributed by atoms with Crippen LogP contribution < -0.4 is 20.9 Å². The van der Waals surface area contributed by atoms with E-state index in [4.69, 9.17) is 4.74 Å². The van der Waals surface area contributed by atoms with E-state index >= 15 is 0 Å². The molecule has 8 heteroatoms. The topological polar surface area (TPSA) is 82.7 Å². The van der Waals surface area contributed by atoms with Crippen LogP contribution in [0, 0.1) is 5.82 Å². The molecule has 0 aliphatic carbocycles. The Balaban J connectivity index is 1.25. The molecule has 0 bridgehead atoms. The third kappa shape index (κ3) is 5.03. The Bertz CT molecular complexity index is 911. The number of hydrogen-bond acceptors (Lipinski definition) is 5. The fraction of sp³-hybridized carbons (Fsp3) is 0.391. The van der Waals surface area contributed by atoms with Crippen LogP contribution in [0.25, 0.3) is 0 Å². The molecule has 0 saturated carbocycles. The Kier molecular flexibility index (Phi) is 6.48. The van der Waals surface area contributed by atoms with Crippen LogP contribution in [0.15, 0.2) is 48.5 Å². The van der Waals surface area contributed by atoms with Gasteiger partial charge in [0.05, 0.1) is 7.11 Å². The highest BCUT2D eigenvalue weighted by Crippen LogP contribution is 2.25. The first kappa shape index (κ1) is 21.3. The highest BCUT2D eigenvalue weighted by Gasteiger charge is 2.34. The minimum atomic E-state index is -0.368. The average Bonchev–Trinajstić information content (AvgIpc) is 3.30. The van der Waals surface area contributed by atoms with E-state index in [2.05, 4.69) is 16.2 Å². The molecular weight excluding hydrogens is 399 g/mol. The van der Waals surface area contributed by atoms with Gasteiger partial charge in [0, 0.05) is 30.7 Å². The van der Waals surface area contributed by atoms with Crippen LogP contribution in [-0.4, -0.2) is 49.0 Å². The number of hydrogen-bond donors (Lipinski definition) is 3. The summed E-state index contributed by atoms with van der Waals surface area (Å²) >= 11 is 0. The van der Waals surface area contributed by atoms with E-state index in [1.165, 1.54) is 24.3 Å². The van der Waals surface area contributed by atoms with Crippen LogP contribution in [0.2, 0.25) is 0 Å². The van der Waals surface area contributed by atoms with E-state index in [1.54, 1.807) is 7.11 Å². The third-order valence-electron chi connectivity index (χ3n) is 5.97. The summed E-state index contributed by atoms with van der Waals surface area (Å²) in [5.74, 6) is 0.296. The number of carbonyl (C=O) groups excluding carboxylic acids is 2. The number of amides is 2. The van der Waals surface area contributed by atoms with E-state index in [-0.39, 0.29) is 35.8 Å². The number of nitrogens with one attached hydrogen (secondary N) is 3. The maximum atomic E-state index is 13.0. The first-order chi connectivity index (χ1) is 15.0. The SMILES string of the molecule is COc1ccc(C2CC(C(=O)N3CCC(NC(=O)c4ccc(F)cc4)CC3)NN2)cc1. The molecule has 7 nitrogen and oxygen atoms in total. The predicted molar refractivity (Wildman–Crippen MR) is 114 cm³/mol. The van der Waals surface area contributed by atoms with Gasteiger partial charge in [-0.2, -0.15) is 0 Å². The molecule has 2 aromatic rings. The first-order valence-corrected chi connectivity index (χ1v) is 10.5. The van der Waals surface area contributed by atoms with Crippen LogP contribution in [-0.2, 0) is 4.79 Å². The maximum absolute atomic E-state index is 13.0. The molecule has 0 radical (unpaired) electrons. The number of carbonyl (C=O) groups is 2. The molecule has 2 atom stereocenters. The molecule has 2 fully saturated rings. The molecule has 2 aliphatic rings. The smallest absolute Gasteiger partial charge is 0.251 e. The fourth-order valence-electron chi connectivity index (χ4n) is 4.11. The van der Waals surface area contributed by atoms with Crippen molar-refractivity contribution in [3.63, 3.8) is 0 Å². The molecule has 31 heavy (non-hydrogen) atoms. The van der Waals surface area contributed by atoms with E-state index in [1.807, 2.05) is 29.2 Å². The van der Waals surface area contributed by atoms with Crippen molar-refractivity contribution < 1.29 is 18.7 Å². The quantitative estimate of drug-likeness (QED) is 0.683. The van der Waals surface area contributed by atoms with Gasteiger partial charge in [0.2, 0.25) is 5.91 Å². The highest BCUT2D eigenvalue weighted by atomic mass is 19.1. The van der Waals surface area contributed by atoms with E-state index in [9.17, 15) is 14.0 Å². The van der Waals surface area contributed by atoms with Gasteiger partial charge in [-0.1, -0.05) is 12.1 Å². The normalized spacial score (nSPS) is 21.7. The monoisotopic (exact) mass is 426 g/mol. The number of benzene rings is 2. The highest BCUT2D eigenvalue weighted by molar-refractivity contribution is 5.94. The summed E-state index contributed by atoms with van der Waals surface area (Å²) in [7, 11) is 1.64. The summed E-state index contributed by atoms with van der Waals surface area (Å²) in [5.41, 5.74) is 7.88. The molecule has 0 aromatic heterocycles. The summed E-state index contributed by atoms with van der Waals surface area (Å²) in [6.45, 7) is 1.19. The molecule has 2 aromatic carbocycles. The Labute approximate surface area is 180 Å². The fourth-order valence-corrected chi connectivity index (χ4v) is 4.11. The molecule has 2 aliphatic heterocycles. The van der Waals surface area contributed by atoms with E-state index < -0.39 is 0 Å². The second-order valence-electron chi connectivity index (χ2n) is 7.98. The lowest BCUT2D eigenvalue weighted by atomic mass is 9.99. The van der Waals surface area contributed by atoms with Crippen LogP contribution in [0.4, 0.5) is 4.39 Å². The molecule has 0 spiro atoms. The number of likely N-dealkylation sites (tertiary alicyclic amines) is 1. The van der Waals surface area contributed by atoms with Crippen molar-refractivity contribution in [1.29, 1.82) is 0 Å². The Hall–Kier alpha value is -2.97. The van der Waals surface area contributed by atoms with Gasteiger partial charge in [-0.3, -0.25) is 9.59 Å². The van der Waals surface area contributed by atoms with Gasteiger partial charge in [0.1, 0.15) is 17.6 Å². The minimum absolute atomic E-state index is 0.00307. The summed E-state index contributed by atoms with van der Waals surface area (Å²) < 4.78 is 18.2. The predicted octanol–water partition coefficient (Wildman–Crippen LogP) is 2.16. The molecule has 2 unspecified atom stereocenters. The van der Waals surface area contributed by atoms with Gasteiger partial charge in [-0.05, 0) is 61.2 Å². The van der Waals surface area contributed by atoms with Gasteiger partial charge in [-0.15, -0.1) is 0 Å². The first-order valence-electron chi connectivity index (χ1n) is 10.5. The molecule has 2 heterocycles. The van der Waals surface area contributed by atoms with Crippen LogP contribution >= 0.6 is 0 Å². The Morgan fingerprint density at radius 2 is 1.71 bits per heavy atom. The van der Waals surface area contributed by atoms with E-state index in [0.717, 1.165) is 11.3 Å². The van der Waals surface area contributed by atoms with Gasteiger partial charge in [0.25, 0.3) is 5.91 Å². The number of ether oxygens (including phenoxy) is 1. The lowest BCUT2D eigenvalue weighted by Gasteiger charge is -2.33. The molecule has 4 rings (SSSR count). The lowest BCUT2D eigenvalue weighted by Crippen LogP contribution is -2.51. The van der Waals surface area contributed by atoms with Gasteiger partial charge in [-0.25, -0.2) is 15.2 Å². The third-order valence-corrected chi connectivity index (χ3v) is 5.97. The number of nitrogens with zero attached hydrogens (tertiary/aromatic N) is 1. The largest absolute Gasteiger partial charge is 0.497 e. The van der Waals surface area contributed by atoms with Gasteiger partial charge < -0.3 is 15.0 Å². The maximum Gasteiger partial charge on any atom is 0.251 e. The molecule has 2 saturated heterocycles. The van der Waals surface area contributed by atoms with Crippen molar-refractivity contribution in [1.82, 2.24) is 21.1 Å². The van der Waals surface area contributed by atoms with Crippen LogP contribution in [0.3, 0.4) is 0 Å². The average molecular weight is 426 g/mol. The van der Waals surface area contributed by atoms with Crippen molar-refractivity contribution in [3.8, 4) is 5.75 Å². The van der Waals surface area contributed by atoms with Crippen molar-refractivity contribution in [2.45, 2.75) is 37.4 Å². The number of halogens is 1. The zero-order valence-corrected chi connectivity index (χ0v) is 17.4. The van der Waals surface area contributed by atoms with Crippen molar-refractivity contribution in [2.75, 3.05) is 20.2 Å². The van der Waals surface area contributed by atoms with E-state index in [0.29, 0.717) is 37.9 Å².